The van der Waals surface area contributed by atoms with Crippen molar-refractivity contribution >= 4 is 23.1 Å². The van der Waals surface area contributed by atoms with Gasteiger partial charge in [-0.05, 0) is 36.4 Å². The van der Waals surface area contributed by atoms with Crippen LogP contribution in [0.3, 0.4) is 0 Å². The number of amides is 1. The number of nitrogens with one attached hydrogen (secondary N) is 2. The largest absolute Gasteiger partial charge is 0.497 e. The first-order chi connectivity index (χ1) is 13.0. The first-order valence-corrected chi connectivity index (χ1v) is 7.67. The molecule has 2 N–H and O–H groups in total. The van der Waals surface area contributed by atoms with Crippen molar-refractivity contribution in [1.29, 1.82) is 0 Å². The van der Waals surface area contributed by atoms with Crippen LogP contribution in [0.2, 0.25) is 0 Å². The highest BCUT2D eigenvalue weighted by Gasteiger charge is 2.17. The van der Waals surface area contributed by atoms with Gasteiger partial charge in [0.2, 0.25) is 0 Å². The number of nitrogens with zero attached hydrogens (tertiary/aromatic N) is 2. The van der Waals surface area contributed by atoms with Gasteiger partial charge < -0.3 is 15.4 Å². The van der Waals surface area contributed by atoms with E-state index in [2.05, 4.69) is 20.8 Å². The normalized spacial score (nSPS) is 10.4. The lowest BCUT2D eigenvalue weighted by Crippen LogP contribution is -2.16. The number of methoxy groups -OCH3 is 1. The number of carbonyl (C=O) groups is 1. The van der Waals surface area contributed by atoms with E-state index < -0.39 is 29.0 Å². The molecule has 27 heavy (non-hydrogen) atoms. The minimum Gasteiger partial charge on any atom is -0.497 e. The van der Waals surface area contributed by atoms with E-state index in [1.165, 1.54) is 12.1 Å². The number of benzene rings is 2. The Kier molecular flexibility index (Phi) is 5.20. The van der Waals surface area contributed by atoms with Crippen LogP contribution in [0.5, 0.6) is 5.75 Å². The highest BCUT2D eigenvalue weighted by Crippen LogP contribution is 2.21. The van der Waals surface area contributed by atoms with E-state index in [1.54, 1.807) is 31.4 Å². The zero-order valence-corrected chi connectivity index (χ0v) is 14.0. The van der Waals surface area contributed by atoms with E-state index in [4.69, 9.17) is 4.74 Å². The van der Waals surface area contributed by atoms with Gasteiger partial charge in [0.05, 0.1) is 12.8 Å². The molecule has 1 amide bonds. The number of carbonyl (C=O) groups excluding carboxylic acids is 1. The fourth-order valence-corrected chi connectivity index (χ4v) is 2.18. The van der Waals surface area contributed by atoms with Crippen LogP contribution in [-0.2, 0) is 0 Å². The van der Waals surface area contributed by atoms with Crippen LogP contribution in [0.25, 0.3) is 0 Å². The summed E-state index contributed by atoms with van der Waals surface area (Å²) in [5.74, 6) is -4.32. The molecule has 0 bridgehead atoms. The van der Waals surface area contributed by atoms with Crippen molar-refractivity contribution in [3.8, 4) is 5.75 Å². The van der Waals surface area contributed by atoms with Crippen LogP contribution in [0, 0.1) is 17.5 Å². The molecule has 0 aliphatic heterocycles. The summed E-state index contributed by atoms with van der Waals surface area (Å²) in [6, 6.07) is 11.6. The maximum Gasteiger partial charge on any atom is 0.276 e. The molecule has 0 saturated carbocycles. The second-order valence-corrected chi connectivity index (χ2v) is 5.34. The van der Waals surface area contributed by atoms with Gasteiger partial charge in [-0.2, -0.15) is 0 Å². The lowest BCUT2D eigenvalue weighted by Gasteiger charge is -2.08. The van der Waals surface area contributed by atoms with E-state index in [0.717, 1.165) is 6.07 Å². The Morgan fingerprint density at radius 3 is 2.52 bits per heavy atom. The maximum absolute atomic E-state index is 13.6. The molecule has 0 unspecified atom stereocenters. The number of anilines is 3. The summed E-state index contributed by atoms with van der Waals surface area (Å²) in [4.78, 5) is 12.1. The average Bonchev–Trinajstić information content (AvgIpc) is 2.69. The SMILES string of the molecule is COc1cccc(Nc2ccc(C(=O)Nc3ccc(F)c(F)c3F)nn2)c1. The molecule has 1 heterocycles. The topological polar surface area (TPSA) is 76.1 Å². The molecular formula is C18H13F3N4O2. The second-order valence-electron chi connectivity index (χ2n) is 5.34. The first kappa shape index (κ1) is 18.2. The molecule has 0 fully saturated rings. The Morgan fingerprint density at radius 1 is 1.00 bits per heavy atom. The predicted octanol–water partition coefficient (Wildman–Crippen LogP) is 3.90. The zero-order valence-electron chi connectivity index (χ0n) is 14.0. The molecule has 2 aromatic carbocycles. The Morgan fingerprint density at radius 2 is 1.81 bits per heavy atom. The average molecular weight is 374 g/mol. The third-order valence-corrected chi connectivity index (χ3v) is 3.52. The van der Waals surface area contributed by atoms with Gasteiger partial charge in [0, 0.05) is 11.8 Å². The third kappa shape index (κ3) is 4.14. The van der Waals surface area contributed by atoms with Gasteiger partial charge in [-0.15, -0.1) is 10.2 Å². The van der Waals surface area contributed by atoms with Crippen LogP contribution >= 0.6 is 0 Å². The van der Waals surface area contributed by atoms with Gasteiger partial charge in [0.25, 0.3) is 5.91 Å². The third-order valence-electron chi connectivity index (χ3n) is 3.52. The van der Waals surface area contributed by atoms with Crippen molar-refractivity contribution in [1.82, 2.24) is 10.2 Å². The molecule has 0 saturated heterocycles. The standard InChI is InChI=1S/C18H13F3N4O2/c1-27-11-4-2-3-10(9-11)22-15-8-7-14(24-25-15)18(26)23-13-6-5-12(19)16(20)17(13)21/h2-9H,1H3,(H,22,25)(H,23,26). The number of hydrogen-bond acceptors (Lipinski definition) is 5. The highest BCUT2D eigenvalue weighted by atomic mass is 19.2. The van der Waals surface area contributed by atoms with E-state index in [0.29, 0.717) is 23.3 Å². The molecule has 6 nitrogen and oxygen atoms in total. The molecule has 0 aliphatic rings. The van der Waals surface area contributed by atoms with Crippen molar-refractivity contribution in [3.63, 3.8) is 0 Å². The summed E-state index contributed by atoms with van der Waals surface area (Å²) in [6.45, 7) is 0. The zero-order chi connectivity index (χ0) is 19.4. The summed E-state index contributed by atoms with van der Waals surface area (Å²) in [6.07, 6.45) is 0. The van der Waals surface area contributed by atoms with Crippen molar-refractivity contribution < 1.29 is 22.7 Å². The lowest BCUT2D eigenvalue weighted by molar-refractivity contribution is 0.102. The maximum atomic E-state index is 13.6. The molecule has 0 radical (unpaired) electrons. The minimum absolute atomic E-state index is 0.129. The van der Waals surface area contributed by atoms with Crippen molar-refractivity contribution in [3.05, 3.63) is 71.7 Å². The van der Waals surface area contributed by atoms with Gasteiger partial charge in [0.15, 0.2) is 29.0 Å². The number of halogens is 3. The minimum atomic E-state index is -1.67. The molecule has 3 rings (SSSR count). The molecule has 9 heteroatoms. The number of ether oxygens (including phenoxy) is 1. The van der Waals surface area contributed by atoms with Crippen LogP contribution in [-0.4, -0.2) is 23.2 Å². The van der Waals surface area contributed by atoms with Gasteiger partial charge in [-0.3, -0.25) is 4.79 Å². The van der Waals surface area contributed by atoms with Crippen molar-refractivity contribution in [2.75, 3.05) is 17.7 Å². The monoisotopic (exact) mass is 374 g/mol. The Labute approximate surface area is 152 Å². The highest BCUT2D eigenvalue weighted by molar-refractivity contribution is 6.02. The fourth-order valence-electron chi connectivity index (χ4n) is 2.18. The molecule has 3 aromatic rings. The van der Waals surface area contributed by atoms with E-state index in [9.17, 15) is 18.0 Å². The molecule has 0 aliphatic carbocycles. The Hall–Kier alpha value is -3.62. The fraction of sp³-hybridized carbons (Fsp3) is 0.0556. The molecule has 138 valence electrons. The lowest BCUT2D eigenvalue weighted by atomic mass is 10.2. The Balaban J connectivity index is 1.71. The van der Waals surface area contributed by atoms with Gasteiger partial charge in [-0.1, -0.05) is 6.07 Å². The predicted molar refractivity (Wildman–Crippen MR) is 92.6 cm³/mol. The molecule has 1 aromatic heterocycles. The molecule has 0 atom stereocenters. The van der Waals surface area contributed by atoms with Gasteiger partial charge in [0.1, 0.15) is 5.75 Å². The number of aromatic nitrogens is 2. The van der Waals surface area contributed by atoms with E-state index in [1.807, 2.05) is 0 Å². The van der Waals surface area contributed by atoms with Crippen molar-refractivity contribution in [2.45, 2.75) is 0 Å². The molecular weight excluding hydrogens is 361 g/mol. The van der Waals surface area contributed by atoms with Crippen molar-refractivity contribution in [2.24, 2.45) is 0 Å². The van der Waals surface area contributed by atoms with Crippen LogP contribution in [0.1, 0.15) is 10.5 Å². The summed E-state index contributed by atoms with van der Waals surface area (Å²) in [5, 5.41) is 12.7. The van der Waals surface area contributed by atoms with Crippen LogP contribution in [0.15, 0.2) is 48.5 Å². The Bertz CT molecular complexity index is 981. The number of hydrogen-bond donors (Lipinski definition) is 2. The van der Waals surface area contributed by atoms with E-state index >= 15 is 0 Å². The van der Waals surface area contributed by atoms with Crippen LogP contribution < -0.4 is 15.4 Å². The summed E-state index contributed by atoms with van der Waals surface area (Å²) in [7, 11) is 1.54. The number of rotatable bonds is 5. The quantitative estimate of drug-likeness (QED) is 0.663. The second kappa shape index (κ2) is 7.73. The smallest absolute Gasteiger partial charge is 0.276 e. The van der Waals surface area contributed by atoms with Crippen LogP contribution in [0.4, 0.5) is 30.4 Å². The summed E-state index contributed by atoms with van der Waals surface area (Å²) in [5.41, 5.74) is 0.0688. The van der Waals surface area contributed by atoms with E-state index in [-0.39, 0.29) is 5.69 Å². The van der Waals surface area contributed by atoms with Gasteiger partial charge >= 0.3 is 0 Å². The molecule has 0 spiro atoms. The first-order valence-electron chi connectivity index (χ1n) is 7.67. The summed E-state index contributed by atoms with van der Waals surface area (Å²) < 4.78 is 44.9. The summed E-state index contributed by atoms with van der Waals surface area (Å²) >= 11 is 0. The van der Waals surface area contributed by atoms with Gasteiger partial charge in [-0.25, -0.2) is 13.2 Å².